The molecule has 1 rings (SSSR count). The molecule has 5 heteroatoms. The Kier molecular flexibility index (Phi) is 7.94. The lowest BCUT2D eigenvalue weighted by Crippen LogP contribution is -2.26. The lowest BCUT2D eigenvalue weighted by atomic mass is 10.1. The van der Waals surface area contributed by atoms with Gasteiger partial charge in [0.05, 0.1) is 13.0 Å². The van der Waals surface area contributed by atoms with E-state index in [1.165, 1.54) is 0 Å². The van der Waals surface area contributed by atoms with Gasteiger partial charge in [0.2, 0.25) is 5.91 Å². The van der Waals surface area contributed by atoms with E-state index >= 15 is 0 Å². The van der Waals surface area contributed by atoms with E-state index in [4.69, 9.17) is 9.84 Å². The fourth-order valence-corrected chi connectivity index (χ4v) is 1.84. The van der Waals surface area contributed by atoms with E-state index in [2.05, 4.69) is 5.32 Å². The second kappa shape index (κ2) is 9.80. The van der Waals surface area contributed by atoms with Crippen molar-refractivity contribution >= 4 is 11.9 Å². The fraction of sp³-hybridized carbons (Fsp3) is 0.500. The number of carbonyl (C=O) groups excluding carboxylic acids is 1. The molecule has 1 amide bonds. The highest BCUT2D eigenvalue weighted by atomic mass is 16.5. The van der Waals surface area contributed by atoms with Gasteiger partial charge in [-0.15, -0.1) is 0 Å². The Morgan fingerprint density at radius 1 is 1.29 bits per heavy atom. The van der Waals surface area contributed by atoms with Crippen molar-refractivity contribution in [3.8, 4) is 5.75 Å². The molecule has 0 radical (unpaired) electrons. The number of hydrogen-bond acceptors (Lipinski definition) is 3. The van der Waals surface area contributed by atoms with Crippen molar-refractivity contribution in [2.75, 3.05) is 13.2 Å². The smallest absolute Gasteiger partial charge is 0.303 e. The van der Waals surface area contributed by atoms with Crippen LogP contribution >= 0.6 is 0 Å². The molecule has 2 N–H and O–H groups in total. The Bertz CT molecular complexity index is 459. The van der Waals surface area contributed by atoms with Gasteiger partial charge in [0, 0.05) is 13.0 Å². The quantitative estimate of drug-likeness (QED) is 0.649. The van der Waals surface area contributed by atoms with E-state index in [9.17, 15) is 9.59 Å². The highest BCUT2D eigenvalue weighted by Crippen LogP contribution is 2.14. The van der Waals surface area contributed by atoms with Crippen LogP contribution < -0.4 is 10.1 Å². The van der Waals surface area contributed by atoms with Crippen molar-refractivity contribution < 1.29 is 19.4 Å². The van der Waals surface area contributed by atoms with Crippen molar-refractivity contribution in [3.63, 3.8) is 0 Å². The second-order valence-electron chi connectivity index (χ2n) is 4.87. The van der Waals surface area contributed by atoms with Gasteiger partial charge in [-0.25, -0.2) is 0 Å². The van der Waals surface area contributed by atoms with E-state index < -0.39 is 5.97 Å². The predicted octanol–water partition coefficient (Wildman–Crippen LogP) is 2.39. The molecular formula is C16H23NO4. The van der Waals surface area contributed by atoms with Gasteiger partial charge >= 0.3 is 5.97 Å². The number of carbonyl (C=O) groups is 2. The average molecular weight is 293 g/mol. The molecule has 0 aliphatic carbocycles. The van der Waals surface area contributed by atoms with Gasteiger partial charge in [-0.2, -0.15) is 0 Å². The Balaban J connectivity index is 2.28. The normalized spacial score (nSPS) is 10.1. The molecule has 1 aromatic carbocycles. The summed E-state index contributed by atoms with van der Waals surface area (Å²) < 4.78 is 5.53. The van der Waals surface area contributed by atoms with Gasteiger partial charge in [-0.3, -0.25) is 9.59 Å². The first kappa shape index (κ1) is 17.0. The van der Waals surface area contributed by atoms with Gasteiger partial charge < -0.3 is 15.2 Å². The number of rotatable bonds is 10. The summed E-state index contributed by atoms with van der Waals surface area (Å²) >= 11 is 0. The maximum Gasteiger partial charge on any atom is 0.303 e. The van der Waals surface area contributed by atoms with Crippen LogP contribution in [0.1, 0.15) is 38.2 Å². The highest BCUT2D eigenvalue weighted by molar-refractivity contribution is 5.78. The summed E-state index contributed by atoms with van der Waals surface area (Å²) in [4.78, 5) is 22.1. The minimum atomic E-state index is -0.801. The molecule has 116 valence electrons. The number of ether oxygens (including phenoxy) is 1. The third-order valence-electron chi connectivity index (χ3n) is 2.88. The molecule has 0 aromatic heterocycles. The molecule has 1 aromatic rings. The number of aliphatic carboxylic acids is 1. The van der Waals surface area contributed by atoms with Crippen LogP contribution in [0.4, 0.5) is 0 Å². The number of benzene rings is 1. The van der Waals surface area contributed by atoms with E-state index in [-0.39, 0.29) is 12.3 Å². The van der Waals surface area contributed by atoms with Crippen LogP contribution in [-0.2, 0) is 16.0 Å². The van der Waals surface area contributed by atoms with Crippen molar-refractivity contribution in [2.45, 2.75) is 39.0 Å². The Morgan fingerprint density at radius 2 is 2.10 bits per heavy atom. The third-order valence-corrected chi connectivity index (χ3v) is 2.88. The monoisotopic (exact) mass is 293 g/mol. The summed E-state index contributed by atoms with van der Waals surface area (Å²) in [5, 5.41) is 11.3. The minimum Gasteiger partial charge on any atom is -0.494 e. The van der Waals surface area contributed by atoms with Gasteiger partial charge in [-0.05, 0) is 37.0 Å². The minimum absolute atomic E-state index is 0.0574. The zero-order valence-electron chi connectivity index (χ0n) is 12.4. The predicted molar refractivity (Wildman–Crippen MR) is 80.4 cm³/mol. The first-order chi connectivity index (χ1) is 10.1. The van der Waals surface area contributed by atoms with Crippen molar-refractivity contribution in [2.24, 2.45) is 0 Å². The third kappa shape index (κ3) is 7.97. The van der Waals surface area contributed by atoms with E-state index in [1.807, 2.05) is 31.2 Å². The number of carboxylic acid groups (broad SMARTS) is 1. The Morgan fingerprint density at radius 3 is 2.81 bits per heavy atom. The molecular weight excluding hydrogens is 270 g/mol. The molecule has 0 atom stereocenters. The molecule has 21 heavy (non-hydrogen) atoms. The average Bonchev–Trinajstić information content (AvgIpc) is 2.45. The van der Waals surface area contributed by atoms with Crippen LogP contribution in [0.3, 0.4) is 0 Å². The van der Waals surface area contributed by atoms with Crippen LogP contribution in [0.15, 0.2) is 24.3 Å². The summed E-state index contributed by atoms with van der Waals surface area (Å²) in [6, 6.07) is 7.52. The van der Waals surface area contributed by atoms with E-state index in [0.717, 1.165) is 17.7 Å². The zero-order valence-corrected chi connectivity index (χ0v) is 12.4. The van der Waals surface area contributed by atoms with Crippen LogP contribution in [0.25, 0.3) is 0 Å². The molecule has 0 fully saturated rings. The molecule has 0 heterocycles. The van der Waals surface area contributed by atoms with Gasteiger partial charge in [-0.1, -0.05) is 19.1 Å². The molecule has 0 unspecified atom stereocenters. The Labute approximate surface area is 125 Å². The Hall–Kier alpha value is -2.04. The van der Waals surface area contributed by atoms with Gasteiger partial charge in [0.25, 0.3) is 0 Å². The summed E-state index contributed by atoms with van der Waals surface area (Å²) in [6.07, 6.45) is 2.66. The standard InChI is InChI=1S/C16H23NO4/c1-2-10-21-14-7-5-6-13(11-14)12-15(18)17-9-4-3-8-16(19)20/h5-7,11H,2-4,8-10,12H2,1H3,(H,17,18)(H,19,20). The summed E-state index contributed by atoms with van der Waals surface area (Å²) in [7, 11) is 0. The lowest BCUT2D eigenvalue weighted by molar-refractivity contribution is -0.137. The van der Waals surface area contributed by atoms with Crippen molar-refractivity contribution in [1.29, 1.82) is 0 Å². The SMILES string of the molecule is CCCOc1cccc(CC(=O)NCCCCC(=O)O)c1. The highest BCUT2D eigenvalue weighted by Gasteiger charge is 2.04. The van der Waals surface area contributed by atoms with E-state index in [1.54, 1.807) is 0 Å². The van der Waals surface area contributed by atoms with Crippen LogP contribution in [0.2, 0.25) is 0 Å². The largest absolute Gasteiger partial charge is 0.494 e. The van der Waals surface area contributed by atoms with E-state index in [0.29, 0.717) is 32.4 Å². The molecule has 0 saturated heterocycles. The summed E-state index contributed by atoms with van der Waals surface area (Å²) in [5.41, 5.74) is 0.909. The molecule has 0 aliphatic rings. The van der Waals surface area contributed by atoms with Crippen LogP contribution in [0, 0.1) is 0 Å². The maximum absolute atomic E-state index is 11.8. The molecule has 0 saturated carbocycles. The summed E-state index contributed by atoms with van der Waals surface area (Å²) in [5.74, 6) is -0.0770. The van der Waals surface area contributed by atoms with Gasteiger partial charge in [0.15, 0.2) is 0 Å². The first-order valence-electron chi connectivity index (χ1n) is 7.32. The molecule has 0 bridgehead atoms. The van der Waals surface area contributed by atoms with Crippen LogP contribution in [-0.4, -0.2) is 30.1 Å². The topological polar surface area (TPSA) is 75.6 Å². The lowest BCUT2D eigenvalue weighted by Gasteiger charge is -2.08. The molecule has 0 spiro atoms. The maximum atomic E-state index is 11.8. The molecule has 5 nitrogen and oxygen atoms in total. The zero-order chi connectivity index (χ0) is 15.5. The fourth-order valence-electron chi connectivity index (χ4n) is 1.84. The van der Waals surface area contributed by atoms with Gasteiger partial charge in [0.1, 0.15) is 5.75 Å². The van der Waals surface area contributed by atoms with Crippen molar-refractivity contribution in [3.05, 3.63) is 29.8 Å². The van der Waals surface area contributed by atoms with Crippen molar-refractivity contribution in [1.82, 2.24) is 5.32 Å². The number of hydrogen-bond donors (Lipinski definition) is 2. The number of carboxylic acids is 1. The summed E-state index contributed by atoms with van der Waals surface area (Å²) in [6.45, 7) is 3.22. The number of unbranched alkanes of at least 4 members (excludes halogenated alkanes) is 1. The number of nitrogens with one attached hydrogen (secondary N) is 1. The number of amides is 1. The molecule has 0 aliphatic heterocycles. The van der Waals surface area contributed by atoms with Crippen LogP contribution in [0.5, 0.6) is 5.75 Å². The second-order valence-corrected chi connectivity index (χ2v) is 4.87. The first-order valence-corrected chi connectivity index (χ1v) is 7.32.